The van der Waals surface area contributed by atoms with Crippen LogP contribution in [-0.2, 0) is 0 Å². The summed E-state index contributed by atoms with van der Waals surface area (Å²) in [5.74, 6) is 0. The van der Waals surface area contributed by atoms with Gasteiger partial charge in [0.15, 0.2) is 0 Å². The van der Waals surface area contributed by atoms with Crippen LogP contribution < -0.4 is 4.67 Å². The van der Waals surface area contributed by atoms with Gasteiger partial charge in [-0.25, -0.2) is 0 Å². The molecule has 0 aliphatic carbocycles. The first-order chi connectivity index (χ1) is 9.18. The van der Waals surface area contributed by atoms with Crippen molar-refractivity contribution in [3.8, 4) is 0 Å². The van der Waals surface area contributed by atoms with Crippen LogP contribution in [0.5, 0.6) is 0 Å². The summed E-state index contributed by atoms with van der Waals surface area (Å²) in [7, 11) is 3.99. The highest BCUT2D eigenvalue weighted by atomic mass is 31.1. The molecule has 0 aliphatic heterocycles. The van der Waals surface area contributed by atoms with Gasteiger partial charge in [-0.1, -0.05) is 36.4 Å². The van der Waals surface area contributed by atoms with Gasteiger partial charge in [-0.3, -0.25) is 0 Å². The molecular formula is C16H21N2P. The second kappa shape index (κ2) is 6.70. The number of hydrogen-bond acceptors (Lipinski definition) is 2. The summed E-state index contributed by atoms with van der Waals surface area (Å²) in [4.78, 5) is 2.25. The molecule has 1 unspecified atom stereocenters. The average Bonchev–Trinajstić information content (AvgIpc) is 2.40. The quantitative estimate of drug-likeness (QED) is 0.746. The van der Waals surface area contributed by atoms with Gasteiger partial charge in [0.25, 0.3) is 0 Å². The largest absolute Gasteiger partial charge is 0.319 e. The van der Waals surface area contributed by atoms with Crippen molar-refractivity contribution >= 4 is 19.4 Å². The monoisotopic (exact) mass is 272 g/mol. The summed E-state index contributed by atoms with van der Waals surface area (Å²) < 4.78 is 2.45. The van der Waals surface area contributed by atoms with Crippen molar-refractivity contribution in [1.29, 1.82) is 0 Å². The lowest BCUT2D eigenvalue weighted by Gasteiger charge is -2.33. The number of hydrogen-bond donors (Lipinski definition) is 0. The fourth-order valence-corrected chi connectivity index (χ4v) is 4.15. The van der Waals surface area contributed by atoms with E-state index in [1.54, 1.807) is 0 Å². The molecule has 0 aliphatic rings. The maximum absolute atomic E-state index is 2.45. The van der Waals surface area contributed by atoms with Crippen LogP contribution in [0.25, 0.3) is 0 Å². The SMILES string of the molecule is CN(C)CP(C)N(c1ccccc1)c1ccccc1. The highest BCUT2D eigenvalue weighted by molar-refractivity contribution is 7.59. The Hall–Kier alpha value is -1.37. The van der Waals surface area contributed by atoms with Crippen molar-refractivity contribution in [2.75, 3.05) is 31.7 Å². The van der Waals surface area contributed by atoms with E-state index in [1.807, 2.05) is 0 Å². The molecule has 3 heteroatoms. The van der Waals surface area contributed by atoms with E-state index in [9.17, 15) is 0 Å². The Morgan fingerprint density at radius 1 is 0.789 bits per heavy atom. The van der Waals surface area contributed by atoms with Crippen LogP contribution in [0.4, 0.5) is 11.4 Å². The van der Waals surface area contributed by atoms with Gasteiger partial charge in [0.1, 0.15) is 0 Å². The van der Waals surface area contributed by atoms with Crippen molar-refractivity contribution in [1.82, 2.24) is 4.90 Å². The lowest BCUT2D eigenvalue weighted by atomic mass is 10.3. The van der Waals surface area contributed by atoms with Crippen LogP contribution in [0.15, 0.2) is 60.7 Å². The van der Waals surface area contributed by atoms with Gasteiger partial charge in [-0.15, -0.1) is 0 Å². The summed E-state index contributed by atoms with van der Waals surface area (Å²) in [6.07, 6.45) is 1.08. The molecule has 2 aromatic rings. The Kier molecular flexibility index (Phi) is 4.95. The van der Waals surface area contributed by atoms with Crippen LogP contribution in [0, 0.1) is 0 Å². The first kappa shape index (κ1) is 14.0. The van der Waals surface area contributed by atoms with Gasteiger partial charge in [0, 0.05) is 25.7 Å². The molecular weight excluding hydrogens is 251 g/mol. The molecule has 100 valence electrons. The number of benzene rings is 2. The summed E-state index contributed by atoms with van der Waals surface area (Å²) in [5.41, 5.74) is 2.54. The molecule has 0 aromatic heterocycles. The molecule has 19 heavy (non-hydrogen) atoms. The smallest absolute Gasteiger partial charge is 0.0447 e. The lowest BCUT2D eigenvalue weighted by molar-refractivity contribution is 0.481. The van der Waals surface area contributed by atoms with E-state index in [4.69, 9.17) is 0 Å². The van der Waals surface area contributed by atoms with E-state index in [1.165, 1.54) is 11.4 Å². The topological polar surface area (TPSA) is 6.48 Å². The third-order valence-electron chi connectivity index (χ3n) is 2.83. The zero-order valence-electron chi connectivity index (χ0n) is 11.8. The van der Waals surface area contributed by atoms with E-state index < -0.39 is 0 Å². The number of nitrogens with zero attached hydrogens (tertiary/aromatic N) is 2. The molecule has 0 heterocycles. The first-order valence-corrected chi connectivity index (χ1v) is 8.37. The molecule has 0 spiro atoms. The molecule has 0 N–H and O–H groups in total. The maximum atomic E-state index is 2.45. The molecule has 0 radical (unpaired) electrons. The summed E-state index contributed by atoms with van der Waals surface area (Å²) in [6.45, 7) is 2.33. The number of rotatable bonds is 5. The Bertz CT molecular complexity index is 445. The van der Waals surface area contributed by atoms with Crippen molar-refractivity contribution < 1.29 is 0 Å². The third-order valence-corrected chi connectivity index (χ3v) is 4.95. The molecule has 0 amide bonds. The first-order valence-electron chi connectivity index (χ1n) is 6.44. The molecule has 1 atom stereocenters. The van der Waals surface area contributed by atoms with Gasteiger partial charge in [0.05, 0.1) is 0 Å². The summed E-state index contributed by atoms with van der Waals surface area (Å²) in [6, 6.07) is 21.3. The molecule has 2 aromatic carbocycles. The van der Waals surface area contributed by atoms with Gasteiger partial charge in [-0.05, 0) is 45.0 Å². The summed E-state index contributed by atoms with van der Waals surface area (Å²) in [5, 5.41) is 0. The Morgan fingerprint density at radius 3 is 1.58 bits per heavy atom. The Balaban J connectivity index is 2.34. The molecule has 0 bridgehead atoms. The minimum atomic E-state index is -0.277. The van der Waals surface area contributed by atoms with Crippen LogP contribution in [0.2, 0.25) is 0 Å². The van der Waals surface area contributed by atoms with Gasteiger partial charge in [0.2, 0.25) is 0 Å². The van der Waals surface area contributed by atoms with Crippen molar-refractivity contribution in [3.63, 3.8) is 0 Å². The average molecular weight is 272 g/mol. The molecule has 0 saturated carbocycles. The van der Waals surface area contributed by atoms with Crippen molar-refractivity contribution in [2.45, 2.75) is 0 Å². The van der Waals surface area contributed by atoms with Gasteiger partial charge in [-0.2, -0.15) is 0 Å². The van der Waals surface area contributed by atoms with E-state index >= 15 is 0 Å². The highest BCUT2D eigenvalue weighted by Gasteiger charge is 2.16. The zero-order valence-corrected chi connectivity index (χ0v) is 12.7. The van der Waals surface area contributed by atoms with Crippen LogP contribution in [-0.4, -0.2) is 31.9 Å². The summed E-state index contributed by atoms with van der Waals surface area (Å²) >= 11 is 0. The second-order valence-corrected chi connectivity index (χ2v) is 6.86. The Labute approximate surface area is 117 Å². The van der Waals surface area contributed by atoms with Crippen molar-refractivity contribution in [2.24, 2.45) is 0 Å². The molecule has 0 saturated heterocycles. The number of para-hydroxylation sites is 2. The van der Waals surface area contributed by atoms with Gasteiger partial charge < -0.3 is 9.57 Å². The van der Waals surface area contributed by atoms with Crippen LogP contribution in [0.3, 0.4) is 0 Å². The molecule has 2 nitrogen and oxygen atoms in total. The minimum absolute atomic E-state index is 0.277. The highest BCUT2D eigenvalue weighted by Crippen LogP contribution is 2.46. The van der Waals surface area contributed by atoms with Crippen LogP contribution >= 0.6 is 8.07 Å². The molecule has 2 rings (SSSR count). The Morgan fingerprint density at radius 2 is 1.21 bits per heavy atom. The predicted octanol–water partition coefficient (Wildman–Crippen LogP) is 4.37. The maximum Gasteiger partial charge on any atom is 0.0447 e. The fourth-order valence-electron chi connectivity index (χ4n) is 2.15. The molecule has 0 fully saturated rings. The van der Waals surface area contributed by atoms with E-state index in [0.717, 1.165) is 6.29 Å². The normalized spacial score (nSPS) is 12.4. The zero-order chi connectivity index (χ0) is 13.7. The van der Waals surface area contributed by atoms with Crippen molar-refractivity contribution in [3.05, 3.63) is 60.7 Å². The van der Waals surface area contributed by atoms with E-state index in [2.05, 4.69) is 91.0 Å². The van der Waals surface area contributed by atoms with Crippen LogP contribution in [0.1, 0.15) is 0 Å². The van der Waals surface area contributed by atoms with E-state index in [-0.39, 0.29) is 8.07 Å². The van der Waals surface area contributed by atoms with E-state index in [0.29, 0.717) is 0 Å². The lowest BCUT2D eigenvalue weighted by Crippen LogP contribution is -2.19. The standard InChI is InChI=1S/C16H21N2P/c1-17(2)14-19(3)18(15-10-6-4-7-11-15)16-12-8-5-9-13-16/h4-13H,14H2,1-3H3. The minimum Gasteiger partial charge on any atom is -0.319 e. The third kappa shape index (κ3) is 3.79. The van der Waals surface area contributed by atoms with Gasteiger partial charge >= 0.3 is 0 Å². The predicted molar refractivity (Wildman–Crippen MR) is 86.4 cm³/mol. The second-order valence-electron chi connectivity index (χ2n) is 4.86. The fraction of sp³-hybridized carbons (Fsp3) is 0.250. The number of anilines is 2.